The highest BCUT2D eigenvalue weighted by molar-refractivity contribution is 14.0. The Balaban J connectivity index is 0.00000243. The Hall–Kier alpha value is -1.83. The van der Waals surface area contributed by atoms with Gasteiger partial charge in [-0.25, -0.2) is 4.39 Å². The van der Waals surface area contributed by atoms with Crippen molar-refractivity contribution in [3.05, 3.63) is 66.0 Å². The van der Waals surface area contributed by atoms with Gasteiger partial charge < -0.3 is 15.1 Å². The second-order valence-electron chi connectivity index (χ2n) is 6.16. The first-order valence-electron chi connectivity index (χ1n) is 8.76. The maximum atomic E-state index is 12.9. The van der Waals surface area contributed by atoms with E-state index < -0.39 is 0 Å². The lowest BCUT2D eigenvalue weighted by Crippen LogP contribution is -2.52. The van der Waals surface area contributed by atoms with Crippen molar-refractivity contribution in [2.24, 2.45) is 4.99 Å². The summed E-state index contributed by atoms with van der Waals surface area (Å²) in [5, 5.41) is 3.42. The molecule has 3 rings (SSSR count). The van der Waals surface area contributed by atoms with Gasteiger partial charge in [-0.05, 0) is 36.2 Å². The van der Waals surface area contributed by atoms with E-state index in [1.165, 1.54) is 17.8 Å². The largest absolute Gasteiger partial charge is 0.368 e. The zero-order chi connectivity index (χ0) is 17.5. The molecule has 0 aliphatic carbocycles. The molecule has 0 radical (unpaired) electrons. The van der Waals surface area contributed by atoms with Gasteiger partial charge in [0.25, 0.3) is 0 Å². The number of guanidine groups is 1. The van der Waals surface area contributed by atoms with Crippen LogP contribution in [0.5, 0.6) is 0 Å². The van der Waals surface area contributed by atoms with Crippen LogP contribution in [-0.2, 0) is 6.42 Å². The first kappa shape index (κ1) is 20.5. The van der Waals surface area contributed by atoms with Gasteiger partial charge in [-0.15, -0.1) is 24.0 Å². The summed E-state index contributed by atoms with van der Waals surface area (Å²) in [6.07, 6.45) is 0.850. The molecule has 1 saturated heterocycles. The summed E-state index contributed by atoms with van der Waals surface area (Å²) in [5.41, 5.74) is 2.40. The van der Waals surface area contributed by atoms with Crippen LogP contribution in [-0.4, -0.2) is 50.6 Å². The number of anilines is 1. The van der Waals surface area contributed by atoms with Crippen molar-refractivity contribution < 1.29 is 4.39 Å². The van der Waals surface area contributed by atoms with Crippen LogP contribution in [0.15, 0.2) is 59.6 Å². The van der Waals surface area contributed by atoms with E-state index in [-0.39, 0.29) is 29.8 Å². The van der Waals surface area contributed by atoms with E-state index in [2.05, 4.69) is 44.4 Å². The molecule has 0 spiro atoms. The van der Waals surface area contributed by atoms with Crippen molar-refractivity contribution in [2.45, 2.75) is 6.42 Å². The van der Waals surface area contributed by atoms with Crippen LogP contribution in [0.2, 0.25) is 0 Å². The minimum absolute atomic E-state index is 0. The molecule has 0 saturated carbocycles. The molecule has 0 unspecified atom stereocenters. The Morgan fingerprint density at radius 2 is 1.65 bits per heavy atom. The summed E-state index contributed by atoms with van der Waals surface area (Å²) in [6.45, 7) is 4.67. The second kappa shape index (κ2) is 10.4. The van der Waals surface area contributed by atoms with Crippen molar-refractivity contribution >= 4 is 35.6 Å². The van der Waals surface area contributed by atoms with Crippen LogP contribution in [0.3, 0.4) is 0 Å². The number of aliphatic imine (C=N–C) groups is 1. The first-order chi connectivity index (χ1) is 12.3. The average molecular weight is 468 g/mol. The third-order valence-electron chi connectivity index (χ3n) is 4.52. The Kier molecular flexibility index (Phi) is 8.15. The van der Waals surface area contributed by atoms with Gasteiger partial charge in [0.2, 0.25) is 0 Å². The average Bonchev–Trinajstić information content (AvgIpc) is 2.68. The summed E-state index contributed by atoms with van der Waals surface area (Å²) in [4.78, 5) is 9.11. The van der Waals surface area contributed by atoms with Crippen molar-refractivity contribution in [1.82, 2.24) is 10.2 Å². The van der Waals surface area contributed by atoms with E-state index in [4.69, 9.17) is 0 Å². The van der Waals surface area contributed by atoms with E-state index in [9.17, 15) is 4.39 Å². The van der Waals surface area contributed by atoms with Crippen LogP contribution < -0.4 is 10.2 Å². The highest BCUT2D eigenvalue weighted by Gasteiger charge is 2.19. The zero-order valence-electron chi connectivity index (χ0n) is 15.1. The van der Waals surface area contributed by atoms with Gasteiger partial charge in [0, 0.05) is 45.5 Å². The fourth-order valence-electron chi connectivity index (χ4n) is 3.12. The molecule has 1 aliphatic rings. The third-order valence-corrected chi connectivity index (χ3v) is 4.52. The SMILES string of the molecule is CN=C(NCCc1ccc(F)cc1)N1CCN(c2ccccc2)CC1.I. The monoisotopic (exact) mass is 468 g/mol. The van der Waals surface area contributed by atoms with Crippen molar-refractivity contribution in [3.8, 4) is 0 Å². The lowest BCUT2D eigenvalue weighted by atomic mass is 10.1. The lowest BCUT2D eigenvalue weighted by Gasteiger charge is -2.37. The molecule has 0 bridgehead atoms. The van der Waals surface area contributed by atoms with Crippen molar-refractivity contribution in [3.63, 3.8) is 0 Å². The smallest absolute Gasteiger partial charge is 0.193 e. The van der Waals surface area contributed by atoms with Gasteiger partial charge in [0.15, 0.2) is 5.96 Å². The molecule has 1 heterocycles. The molecule has 6 heteroatoms. The zero-order valence-corrected chi connectivity index (χ0v) is 17.4. The Morgan fingerprint density at radius 1 is 1.00 bits per heavy atom. The van der Waals surface area contributed by atoms with E-state index in [0.717, 1.165) is 50.7 Å². The third kappa shape index (κ3) is 5.59. The van der Waals surface area contributed by atoms with Crippen LogP contribution in [0.1, 0.15) is 5.56 Å². The Bertz CT molecular complexity index is 683. The summed E-state index contributed by atoms with van der Waals surface area (Å²) in [7, 11) is 1.82. The topological polar surface area (TPSA) is 30.9 Å². The van der Waals surface area contributed by atoms with E-state index >= 15 is 0 Å². The highest BCUT2D eigenvalue weighted by atomic mass is 127. The standard InChI is InChI=1S/C20H25FN4.HI/c1-22-20(23-12-11-17-7-9-18(21)10-8-17)25-15-13-24(14-16-25)19-5-3-2-4-6-19;/h2-10H,11-16H2,1H3,(H,22,23);1H. The predicted molar refractivity (Wildman–Crippen MR) is 117 cm³/mol. The fourth-order valence-corrected chi connectivity index (χ4v) is 3.12. The van der Waals surface area contributed by atoms with Gasteiger partial charge in [-0.1, -0.05) is 30.3 Å². The van der Waals surface area contributed by atoms with Crippen LogP contribution >= 0.6 is 24.0 Å². The number of rotatable bonds is 4. The number of piperazine rings is 1. The summed E-state index contributed by atoms with van der Waals surface area (Å²) < 4.78 is 12.9. The molecule has 1 N–H and O–H groups in total. The Morgan fingerprint density at radius 3 is 2.27 bits per heavy atom. The van der Waals surface area contributed by atoms with Crippen molar-refractivity contribution in [2.75, 3.05) is 44.7 Å². The molecule has 26 heavy (non-hydrogen) atoms. The molecule has 0 aromatic heterocycles. The minimum atomic E-state index is -0.191. The molecule has 140 valence electrons. The van der Waals surface area contributed by atoms with Gasteiger partial charge in [-0.3, -0.25) is 4.99 Å². The Labute approximate surface area is 172 Å². The summed E-state index contributed by atoms with van der Waals surface area (Å²) in [6, 6.07) is 17.2. The first-order valence-corrected chi connectivity index (χ1v) is 8.76. The number of benzene rings is 2. The van der Waals surface area contributed by atoms with E-state index in [1.807, 2.05) is 25.2 Å². The normalized spacial score (nSPS) is 14.8. The van der Waals surface area contributed by atoms with Gasteiger partial charge >= 0.3 is 0 Å². The number of nitrogens with one attached hydrogen (secondary N) is 1. The van der Waals surface area contributed by atoms with Gasteiger partial charge in [0.05, 0.1) is 0 Å². The molecule has 1 aliphatic heterocycles. The van der Waals surface area contributed by atoms with Crippen molar-refractivity contribution in [1.29, 1.82) is 0 Å². The molecule has 4 nitrogen and oxygen atoms in total. The highest BCUT2D eigenvalue weighted by Crippen LogP contribution is 2.15. The van der Waals surface area contributed by atoms with Crippen LogP contribution in [0.4, 0.5) is 10.1 Å². The van der Waals surface area contributed by atoms with Gasteiger partial charge in [-0.2, -0.15) is 0 Å². The van der Waals surface area contributed by atoms with Crippen LogP contribution in [0.25, 0.3) is 0 Å². The summed E-state index contributed by atoms with van der Waals surface area (Å²) in [5.74, 6) is 0.749. The number of para-hydroxylation sites is 1. The quantitative estimate of drug-likeness (QED) is 0.424. The van der Waals surface area contributed by atoms with E-state index in [1.54, 1.807) is 0 Å². The maximum Gasteiger partial charge on any atom is 0.193 e. The molecule has 2 aromatic carbocycles. The number of nitrogens with zero attached hydrogens (tertiary/aromatic N) is 3. The molecule has 2 aromatic rings. The fraction of sp³-hybridized carbons (Fsp3) is 0.350. The number of halogens is 2. The number of hydrogen-bond acceptors (Lipinski definition) is 2. The minimum Gasteiger partial charge on any atom is -0.368 e. The lowest BCUT2D eigenvalue weighted by molar-refractivity contribution is 0.373. The summed E-state index contributed by atoms with van der Waals surface area (Å²) >= 11 is 0. The van der Waals surface area contributed by atoms with E-state index in [0.29, 0.717) is 0 Å². The molecular weight excluding hydrogens is 442 g/mol. The molecule has 0 atom stereocenters. The molecule has 1 fully saturated rings. The predicted octanol–water partition coefficient (Wildman–Crippen LogP) is 3.38. The van der Waals surface area contributed by atoms with Crippen LogP contribution in [0, 0.1) is 5.82 Å². The maximum absolute atomic E-state index is 12.9. The molecular formula is C20H26FIN4. The van der Waals surface area contributed by atoms with Gasteiger partial charge in [0.1, 0.15) is 5.82 Å². The molecule has 0 amide bonds. The second-order valence-corrected chi connectivity index (χ2v) is 6.16. The number of hydrogen-bond donors (Lipinski definition) is 1.